The Morgan fingerprint density at radius 3 is 2.24 bits per heavy atom. The van der Waals surface area contributed by atoms with E-state index in [9.17, 15) is 13.6 Å². The number of hydrogen-bond acceptors (Lipinski definition) is 2. The Bertz CT molecular complexity index is 479. The molecule has 0 atom stereocenters. The van der Waals surface area contributed by atoms with Crippen LogP contribution in [0.25, 0.3) is 0 Å². The van der Waals surface area contributed by atoms with Crippen LogP contribution < -0.4 is 5.73 Å². The van der Waals surface area contributed by atoms with E-state index in [1.807, 2.05) is 20.8 Å². The zero-order valence-electron chi connectivity index (χ0n) is 13.0. The average Bonchev–Trinajstić information content (AvgIpc) is 2.50. The fourth-order valence-electron chi connectivity index (χ4n) is 2.45. The highest BCUT2D eigenvalue weighted by Crippen LogP contribution is 2.28. The molecule has 0 aliphatic heterocycles. The zero-order valence-corrected chi connectivity index (χ0v) is 13.0. The highest BCUT2D eigenvalue weighted by atomic mass is 19.2. The summed E-state index contributed by atoms with van der Waals surface area (Å²) >= 11 is 0. The third kappa shape index (κ3) is 3.79. The van der Waals surface area contributed by atoms with Crippen LogP contribution in [0, 0.1) is 17.0 Å². The van der Waals surface area contributed by atoms with E-state index in [1.165, 1.54) is 6.07 Å². The molecule has 1 aromatic carbocycles. The lowest BCUT2D eigenvalue weighted by atomic mass is 9.81. The summed E-state index contributed by atoms with van der Waals surface area (Å²) in [7, 11) is 0. The summed E-state index contributed by atoms with van der Waals surface area (Å²) in [5.74, 6) is -1.80. The Balaban J connectivity index is 2.96. The van der Waals surface area contributed by atoms with Gasteiger partial charge >= 0.3 is 0 Å². The van der Waals surface area contributed by atoms with Gasteiger partial charge in [-0.25, -0.2) is 8.78 Å². The molecule has 0 aliphatic rings. The fourth-order valence-corrected chi connectivity index (χ4v) is 2.45. The van der Waals surface area contributed by atoms with E-state index in [0.29, 0.717) is 24.9 Å². The van der Waals surface area contributed by atoms with Crippen LogP contribution in [0.3, 0.4) is 0 Å². The molecule has 0 spiro atoms. The highest BCUT2D eigenvalue weighted by Gasteiger charge is 2.36. The molecule has 0 heterocycles. The molecule has 118 valence electrons. The molecule has 2 N–H and O–H groups in total. The van der Waals surface area contributed by atoms with Crippen molar-refractivity contribution in [1.82, 2.24) is 4.90 Å². The maximum Gasteiger partial charge on any atom is 0.230 e. The van der Waals surface area contributed by atoms with Crippen LogP contribution in [0.5, 0.6) is 0 Å². The maximum atomic E-state index is 13.3. The smallest absolute Gasteiger partial charge is 0.230 e. The van der Waals surface area contributed by atoms with Crippen molar-refractivity contribution < 1.29 is 13.6 Å². The van der Waals surface area contributed by atoms with E-state index in [1.54, 1.807) is 4.90 Å². The van der Waals surface area contributed by atoms with Crippen molar-refractivity contribution in [2.45, 2.75) is 40.2 Å². The average molecular weight is 298 g/mol. The van der Waals surface area contributed by atoms with Crippen molar-refractivity contribution in [1.29, 1.82) is 0 Å². The number of halogens is 2. The summed E-state index contributed by atoms with van der Waals surface area (Å²) in [6.45, 7) is 6.80. The predicted molar refractivity (Wildman–Crippen MR) is 79.5 cm³/mol. The third-order valence-corrected chi connectivity index (χ3v) is 4.22. The first-order valence-electron chi connectivity index (χ1n) is 7.37. The van der Waals surface area contributed by atoms with E-state index in [0.717, 1.165) is 12.1 Å². The normalized spacial score (nSPS) is 11.5. The Labute approximate surface area is 125 Å². The quantitative estimate of drug-likeness (QED) is 0.841. The summed E-state index contributed by atoms with van der Waals surface area (Å²) in [5, 5.41) is 0. The van der Waals surface area contributed by atoms with Gasteiger partial charge in [0, 0.05) is 19.6 Å². The molecule has 0 bridgehead atoms. The SMILES string of the molecule is CCN(Cc1ccc(F)c(F)c1)C(=O)C(CC)(CC)CN. The van der Waals surface area contributed by atoms with Crippen molar-refractivity contribution in [2.24, 2.45) is 11.1 Å². The molecule has 21 heavy (non-hydrogen) atoms. The molecule has 0 fully saturated rings. The first-order chi connectivity index (χ1) is 9.93. The van der Waals surface area contributed by atoms with Gasteiger partial charge in [-0.3, -0.25) is 4.79 Å². The van der Waals surface area contributed by atoms with E-state index in [-0.39, 0.29) is 19.0 Å². The molecule has 3 nitrogen and oxygen atoms in total. The minimum atomic E-state index is -0.896. The molecule has 1 rings (SSSR count). The van der Waals surface area contributed by atoms with Crippen molar-refractivity contribution in [2.75, 3.05) is 13.1 Å². The van der Waals surface area contributed by atoms with Gasteiger partial charge in [0.1, 0.15) is 0 Å². The zero-order chi connectivity index (χ0) is 16.0. The minimum absolute atomic E-state index is 0.0257. The van der Waals surface area contributed by atoms with E-state index >= 15 is 0 Å². The van der Waals surface area contributed by atoms with Crippen LogP contribution in [0.15, 0.2) is 18.2 Å². The molecule has 0 unspecified atom stereocenters. The molecule has 1 aromatic rings. The Morgan fingerprint density at radius 2 is 1.81 bits per heavy atom. The summed E-state index contributed by atoms with van der Waals surface area (Å²) < 4.78 is 26.2. The van der Waals surface area contributed by atoms with Crippen LogP contribution >= 0.6 is 0 Å². The summed E-state index contributed by atoms with van der Waals surface area (Å²) in [6, 6.07) is 3.71. The number of nitrogens with two attached hydrogens (primary N) is 1. The van der Waals surface area contributed by atoms with Crippen molar-refractivity contribution in [3.63, 3.8) is 0 Å². The second-order valence-corrected chi connectivity index (χ2v) is 5.26. The van der Waals surface area contributed by atoms with Gasteiger partial charge in [0.2, 0.25) is 5.91 Å². The van der Waals surface area contributed by atoms with Gasteiger partial charge in [0.25, 0.3) is 0 Å². The predicted octanol–water partition coefficient (Wildman–Crippen LogP) is 3.08. The molecule has 0 aromatic heterocycles. The molecular formula is C16H24F2N2O. The number of nitrogens with zero attached hydrogens (tertiary/aromatic N) is 1. The molecule has 0 saturated carbocycles. The lowest BCUT2D eigenvalue weighted by Crippen LogP contribution is -2.47. The van der Waals surface area contributed by atoms with Gasteiger partial charge in [0.15, 0.2) is 11.6 Å². The third-order valence-electron chi connectivity index (χ3n) is 4.22. The Hall–Kier alpha value is -1.49. The lowest BCUT2D eigenvalue weighted by Gasteiger charge is -2.34. The second kappa shape index (κ2) is 7.50. The summed E-state index contributed by atoms with van der Waals surface area (Å²) in [4.78, 5) is 14.4. The van der Waals surface area contributed by atoms with Gasteiger partial charge in [0.05, 0.1) is 5.41 Å². The molecule has 0 saturated heterocycles. The summed E-state index contributed by atoms with van der Waals surface area (Å²) in [6.07, 6.45) is 1.32. The molecule has 0 aliphatic carbocycles. The van der Waals surface area contributed by atoms with Gasteiger partial charge in [-0.1, -0.05) is 19.9 Å². The monoisotopic (exact) mass is 298 g/mol. The molecular weight excluding hydrogens is 274 g/mol. The van der Waals surface area contributed by atoms with Gasteiger partial charge in [-0.15, -0.1) is 0 Å². The maximum absolute atomic E-state index is 13.3. The van der Waals surface area contributed by atoms with Gasteiger partial charge in [-0.05, 0) is 37.5 Å². The van der Waals surface area contributed by atoms with E-state index in [4.69, 9.17) is 5.73 Å². The molecule has 0 radical (unpaired) electrons. The molecule has 5 heteroatoms. The van der Waals surface area contributed by atoms with Crippen molar-refractivity contribution in [3.8, 4) is 0 Å². The number of rotatable bonds is 7. The standard InChI is InChI=1S/C16H24F2N2O/c1-4-16(5-2,11-19)15(21)20(6-3)10-12-7-8-13(17)14(18)9-12/h7-9H,4-6,10-11,19H2,1-3H3. The first-order valence-corrected chi connectivity index (χ1v) is 7.37. The van der Waals surface area contributed by atoms with Crippen LogP contribution in [-0.2, 0) is 11.3 Å². The second-order valence-electron chi connectivity index (χ2n) is 5.26. The highest BCUT2D eigenvalue weighted by molar-refractivity contribution is 5.83. The number of carbonyl (C=O) groups is 1. The minimum Gasteiger partial charge on any atom is -0.338 e. The van der Waals surface area contributed by atoms with E-state index in [2.05, 4.69) is 0 Å². The molecule has 1 amide bonds. The number of carbonyl (C=O) groups excluding carboxylic acids is 1. The van der Waals surface area contributed by atoms with Crippen LogP contribution in [0.4, 0.5) is 8.78 Å². The van der Waals surface area contributed by atoms with E-state index < -0.39 is 17.0 Å². The van der Waals surface area contributed by atoms with Gasteiger partial charge in [-0.2, -0.15) is 0 Å². The topological polar surface area (TPSA) is 46.3 Å². The first kappa shape index (κ1) is 17.6. The number of amides is 1. The van der Waals surface area contributed by atoms with Crippen LogP contribution in [0.2, 0.25) is 0 Å². The number of hydrogen-bond donors (Lipinski definition) is 1. The van der Waals surface area contributed by atoms with Gasteiger partial charge < -0.3 is 10.6 Å². The fraction of sp³-hybridized carbons (Fsp3) is 0.562. The van der Waals surface area contributed by atoms with Crippen LogP contribution in [-0.4, -0.2) is 23.9 Å². The largest absolute Gasteiger partial charge is 0.338 e. The van der Waals surface area contributed by atoms with Crippen molar-refractivity contribution in [3.05, 3.63) is 35.4 Å². The lowest BCUT2D eigenvalue weighted by molar-refractivity contribution is -0.142. The Morgan fingerprint density at radius 1 is 1.19 bits per heavy atom. The Kier molecular flexibility index (Phi) is 6.27. The summed E-state index contributed by atoms with van der Waals surface area (Å²) in [5.41, 5.74) is 5.80. The number of benzene rings is 1. The van der Waals surface area contributed by atoms with Crippen LogP contribution in [0.1, 0.15) is 39.2 Å². The van der Waals surface area contributed by atoms with Crippen molar-refractivity contribution >= 4 is 5.91 Å².